The fourth-order valence-electron chi connectivity index (χ4n) is 2.63. The molecule has 3 rings (SSSR count). The molecule has 2 aromatic carbocycles. The summed E-state index contributed by atoms with van der Waals surface area (Å²) in [6, 6.07) is 10.3. The molecule has 1 aliphatic carbocycles. The van der Waals surface area contributed by atoms with Gasteiger partial charge in [-0.25, -0.2) is 13.2 Å². The molecule has 0 saturated heterocycles. The maximum Gasteiger partial charge on any atom is 0.196 e. The maximum atomic E-state index is 13.6. The Balaban J connectivity index is 1.64. The lowest BCUT2D eigenvalue weighted by Crippen LogP contribution is -2.34. The molecular formula is C16H13BrF3N. The molecule has 1 fully saturated rings. The van der Waals surface area contributed by atoms with Crippen molar-refractivity contribution in [1.29, 1.82) is 0 Å². The van der Waals surface area contributed by atoms with Crippen LogP contribution < -0.4 is 5.32 Å². The van der Waals surface area contributed by atoms with Crippen molar-refractivity contribution in [3.8, 4) is 0 Å². The van der Waals surface area contributed by atoms with Crippen molar-refractivity contribution < 1.29 is 13.2 Å². The van der Waals surface area contributed by atoms with E-state index in [4.69, 9.17) is 0 Å². The van der Waals surface area contributed by atoms with Crippen LogP contribution in [-0.4, -0.2) is 6.04 Å². The minimum absolute atomic E-state index is 0.0200. The van der Waals surface area contributed by atoms with Gasteiger partial charge in [0.05, 0.1) is 5.69 Å². The molecule has 0 unspecified atom stereocenters. The average molecular weight is 356 g/mol. The van der Waals surface area contributed by atoms with Crippen LogP contribution in [0.25, 0.3) is 0 Å². The van der Waals surface area contributed by atoms with Crippen molar-refractivity contribution in [2.75, 3.05) is 5.32 Å². The fraction of sp³-hybridized carbons (Fsp3) is 0.250. The monoisotopic (exact) mass is 355 g/mol. The van der Waals surface area contributed by atoms with Crippen LogP contribution in [0.4, 0.5) is 18.9 Å². The number of rotatable bonds is 3. The van der Waals surface area contributed by atoms with E-state index in [2.05, 4.69) is 33.4 Å². The average Bonchev–Trinajstić information content (AvgIpc) is 2.42. The van der Waals surface area contributed by atoms with Crippen molar-refractivity contribution >= 4 is 21.6 Å². The molecule has 0 heterocycles. The minimum Gasteiger partial charge on any atom is -0.380 e. The molecule has 1 N–H and O–H groups in total. The molecule has 0 atom stereocenters. The van der Waals surface area contributed by atoms with Crippen LogP contribution in [0.3, 0.4) is 0 Å². The van der Waals surface area contributed by atoms with Gasteiger partial charge in [0.1, 0.15) is 0 Å². The predicted molar refractivity (Wildman–Crippen MR) is 79.8 cm³/mol. The van der Waals surface area contributed by atoms with Crippen molar-refractivity contribution in [2.24, 2.45) is 0 Å². The molecule has 110 valence electrons. The quantitative estimate of drug-likeness (QED) is 0.743. The van der Waals surface area contributed by atoms with Crippen LogP contribution in [0.5, 0.6) is 0 Å². The Bertz CT molecular complexity index is 669. The number of anilines is 1. The summed E-state index contributed by atoms with van der Waals surface area (Å²) in [5.41, 5.74) is 1.25. The van der Waals surface area contributed by atoms with E-state index in [-0.39, 0.29) is 11.7 Å². The van der Waals surface area contributed by atoms with E-state index >= 15 is 0 Å². The summed E-state index contributed by atoms with van der Waals surface area (Å²) in [6.07, 6.45) is 1.68. The van der Waals surface area contributed by atoms with Crippen LogP contribution in [0.2, 0.25) is 0 Å². The molecule has 0 spiro atoms. The highest BCUT2D eigenvalue weighted by Gasteiger charge is 2.31. The summed E-state index contributed by atoms with van der Waals surface area (Å²) >= 11 is 3.43. The van der Waals surface area contributed by atoms with Crippen LogP contribution in [0.15, 0.2) is 40.9 Å². The summed E-state index contributed by atoms with van der Waals surface area (Å²) in [7, 11) is 0. The van der Waals surface area contributed by atoms with E-state index in [1.54, 1.807) is 0 Å². The SMILES string of the molecule is Fc1ccc(NC2CC(c3cccc(Br)c3)C2)c(F)c1F. The second kappa shape index (κ2) is 5.72. The molecule has 1 saturated carbocycles. The lowest BCUT2D eigenvalue weighted by Gasteiger charge is -2.37. The zero-order valence-corrected chi connectivity index (χ0v) is 12.6. The van der Waals surface area contributed by atoms with Crippen LogP contribution in [0.1, 0.15) is 24.3 Å². The topological polar surface area (TPSA) is 12.0 Å². The van der Waals surface area contributed by atoms with Gasteiger partial charge in [0.25, 0.3) is 0 Å². The molecule has 0 radical (unpaired) electrons. The van der Waals surface area contributed by atoms with E-state index in [1.165, 1.54) is 11.6 Å². The molecule has 5 heteroatoms. The second-order valence-corrected chi connectivity index (χ2v) is 6.20. The van der Waals surface area contributed by atoms with E-state index in [0.717, 1.165) is 23.4 Å². The number of nitrogens with one attached hydrogen (secondary N) is 1. The Hall–Kier alpha value is -1.49. The lowest BCUT2D eigenvalue weighted by atomic mass is 9.76. The lowest BCUT2D eigenvalue weighted by molar-refractivity contribution is 0.371. The predicted octanol–water partition coefficient (Wildman–Crippen LogP) is 5.22. The van der Waals surface area contributed by atoms with Crippen molar-refractivity contribution in [1.82, 2.24) is 0 Å². The van der Waals surface area contributed by atoms with Gasteiger partial charge in [-0.05, 0) is 48.6 Å². The third kappa shape index (κ3) is 2.93. The van der Waals surface area contributed by atoms with Gasteiger partial charge in [0.2, 0.25) is 0 Å². The first-order valence-corrected chi connectivity index (χ1v) is 7.49. The van der Waals surface area contributed by atoms with Gasteiger partial charge in [-0.15, -0.1) is 0 Å². The van der Waals surface area contributed by atoms with E-state index < -0.39 is 17.5 Å². The van der Waals surface area contributed by atoms with Gasteiger partial charge in [0, 0.05) is 10.5 Å². The highest BCUT2D eigenvalue weighted by atomic mass is 79.9. The largest absolute Gasteiger partial charge is 0.380 e. The van der Waals surface area contributed by atoms with Crippen LogP contribution in [0, 0.1) is 17.5 Å². The van der Waals surface area contributed by atoms with Gasteiger partial charge in [-0.1, -0.05) is 28.1 Å². The normalized spacial score (nSPS) is 21.0. The third-order valence-electron chi connectivity index (χ3n) is 3.85. The highest BCUT2D eigenvalue weighted by molar-refractivity contribution is 9.10. The van der Waals surface area contributed by atoms with Gasteiger partial charge < -0.3 is 5.32 Å². The van der Waals surface area contributed by atoms with Gasteiger partial charge in [0.15, 0.2) is 17.5 Å². The Morgan fingerprint density at radius 3 is 2.48 bits per heavy atom. The standard InChI is InChI=1S/C16H13BrF3N/c17-11-3-1-2-9(6-11)10-7-12(8-10)21-14-5-4-13(18)15(19)16(14)20/h1-6,10,12,21H,7-8H2. The van der Waals surface area contributed by atoms with Crippen molar-refractivity contribution in [3.05, 3.63) is 63.9 Å². The van der Waals surface area contributed by atoms with Crippen LogP contribution >= 0.6 is 15.9 Å². The number of hydrogen-bond acceptors (Lipinski definition) is 1. The van der Waals surface area contributed by atoms with Gasteiger partial charge >= 0.3 is 0 Å². The van der Waals surface area contributed by atoms with Crippen LogP contribution in [-0.2, 0) is 0 Å². The molecule has 0 aliphatic heterocycles. The maximum absolute atomic E-state index is 13.6. The van der Waals surface area contributed by atoms with Gasteiger partial charge in [-0.2, -0.15) is 0 Å². The molecule has 0 amide bonds. The summed E-state index contributed by atoms with van der Waals surface area (Å²) in [6.45, 7) is 0. The third-order valence-corrected chi connectivity index (χ3v) is 4.35. The highest BCUT2D eigenvalue weighted by Crippen LogP contribution is 2.39. The smallest absolute Gasteiger partial charge is 0.196 e. The molecular weight excluding hydrogens is 343 g/mol. The zero-order valence-electron chi connectivity index (χ0n) is 11.0. The Kier molecular flexibility index (Phi) is 3.93. The molecule has 1 aliphatic rings. The molecule has 21 heavy (non-hydrogen) atoms. The van der Waals surface area contributed by atoms with E-state index in [0.29, 0.717) is 5.92 Å². The summed E-state index contributed by atoms with van der Waals surface area (Å²) < 4.78 is 40.6. The Labute approximate surface area is 129 Å². The van der Waals surface area contributed by atoms with Crippen molar-refractivity contribution in [3.63, 3.8) is 0 Å². The molecule has 2 aromatic rings. The number of benzene rings is 2. The first-order valence-electron chi connectivity index (χ1n) is 6.70. The van der Waals surface area contributed by atoms with Gasteiger partial charge in [-0.3, -0.25) is 0 Å². The summed E-state index contributed by atoms with van der Waals surface area (Å²) in [5.74, 6) is -3.34. The first kappa shape index (κ1) is 14.4. The fourth-order valence-corrected chi connectivity index (χ4v) is 3.04. The first-order chi connectivity index (χ1) is 10.0. The minimum atomic E-state index is -1.43. The molecule has 0 aromatic heterocycles. The number of hydrogen-bond donors (Lipinski definition) is 1. The second-order valence-electron chi connectivity index (χ2n) is 5.29. The van der Waals surface area contributed by atoms with E-state index in [1.807, 2.05) is 12.1 Å². The zero-order chi connectivity index (χ0) is 15.0. The number of halogens is 4. The summed E-state index contributed by atoms with van der Waals surface area (Å²) in [4.78, 5) is 0. The Morgan fingerprint density at radius 2 is 1.76 bits per heavy atom. The van der Waals surface area contributed by atoms with Crippen molar-refractivity contribution in [2.45, 2.75) is 24.8 Å². The Morgan fingerprint density at radius 1 is 1.00 bits per heavy atom. The van der Waals surface area contributed by atoms with E-state index in [9.17, 15) is 13.2 Å². The summed E-state index contributed by atoms with van der Waals surface area (Å²) in [5, 5.41) is 2.94. The molecule has 1 nitrogen and oxygen atoms in total. The molecule has 0 bridgehead atoms.